The summed E-state index contributed by atoms with van der Waals surface area (Å²) in [5, 5.41) is 17.2. The molecule has 0 amide bonds. The molecule has 1 N–H and O–H groups in total. The van der Waals surface area contributed by atoms with E-state index in [2.05, 4.69) is 10.2 Å². The predicted molar refractivity (Wildman–Crippen MR) is 71.5 cm³/mol. The first-order chi connectivity index (χ1) is 9.69. The van der Waals surface area contributed by atoms with Gasteiger partial charge in [-0.2, -0.15) is 0 Å². The Balaban J connectivity index is 1.86. The Morgan fingerprint density at radius 2 is 2.15 bits per heavy atom. The van der Waals surface area contributed by atoms with E-state index in [1.807, 2.05) is 36.1 Å². The smallest absolute Gasteiger partial charge is 0.312 e. The quantitative estimate of drug-likeness (QED) is 0.915. The summed E-state index contributed by atoms with van der Waals surface area (Å²) >= 11 is 0. The SMILES string of the molecule is CCc1nnc(CN2CC(C(=O)O)c3ccccc32)o1. The maximum absolute atomic E-state index is 11.3. The number of aliphatic carboxylic acids is 1. The van der Waals surface area contributed by atoms with E-state index in [1.54, 1.807) is 0 Å². The summed E-state index contributed by atoms with van der Waals surface area (Å²) in [4.78, 5) is 13.3. The van der Waals surface area contributed by atoms with E-state index in [-0.39, 0.29) is 0 Å². The lowest BCUT2D eigenvalue weighted by molar-refractivity contribution is -0.138. The Hall–Kier alpha value is -2.37. The molecule has 2 aromatic rings. The van der Waals surface area contributed by atoms with Crippen molar-refractivity contribution in [3.05, 3.63) is 41.6 Å². The molecule has 2 heterocycles. The highest BCUT2D eigenvalue weighted by molar-refractivity contribution is 5.82. The molecule has 6 heteroatoms. The molecule has 0 aliphatic carbocycles. The number of aryl methyl sites for hydroxylation is 1. The molecule has 0 spiro atoms. The Morgan fingerprint density at radius 3 is 2.85 bits per heavy atom. The standard InChI is InChI=1S/C14H15N3O3/c1-2-12-15-16-13(20-12)8-17-7-10(14(18)19)9-5-3-4-6-11(9)17/h3-6,10H,2,7-8H2,1H3,(H,18,19). The van der Waals surface area contributed by atoms with Crippen LogP contribution in [0.25, 0.3) is 0 Å². The molecule has 6 nitrogen and oxygen atoms in total. The van der Waals surface area contributed by atoms with Crippen LogP contribution in [0.1, 0.15) is 30.2 Å². The minimum absolute atomic E-state index is 0.429. The van der Waals surface area contributed by atoms with Gasteiger partial charge in [-0.05, 0) is 11.6 Å². The van der Waals surface area contributed by atoms with E-state index in [1.165, 1.54) is 0 Å². The lowest BCUT2D eigenvalue weighted by Gasteiger charge is -2.16. The van der Waals surface area contributed by atoms with Crippen LogP contribution >= 0.6 is 0 Å². The lowest BCUT2D eigenvalue weighted by Crippen LogP contribution is -2.24. The summed E-state index contributed by atoms with van der Waals surface area (Å²) in [6, 6.07) is 7.55. The molecule has 0 fully saturated rings. The van der Waals surface area contributed by atoms with Crippen molar-refractivity contribution in [2.45, 2.75) is 25.8 Å². The molecule has 1 aromatic heterocycles. The fourth-order valence-corrected chi connectivity index (χ4v) is 2.51. The number of hydrogen-bond donors (Lipinski definition) is 1. The fraction of sp³-hybridized carbons (Fsp3) is 0.357. The van der Waals surface area contributed by atoms with Crippen molar-refractivity contribution in [3.63, 3.8) is 0 Å². The highest BCUT2D eigenvalue weighted by Gasteiger charge is 2.33. The molecule has 1 aliphatic rings. The van der Waals surface area contributed by atoms with Gasteiger partial charge < -0.3 is 14.4 Å². The van der Waals surface area contributed by atoms with Crippen LogP contribution < -0.4 is 4.90 Å². The van der Waals surface area contributed by atoms with E-state index in [4.69, 9.17) is 4.42 Å². The summed E-state index contributed by atoms with van der Waals surface area (Å²) < 4.78 is 5.49. The van der Waals surface area contributed by atoms with Crippen molar-refractivity contribution in [2.24, 2.45) is 0 Å². The van der Waals surface area contributed by atoms with Gasteiger partial charge in [0, 0.05) is 18.7 Å². The molecule has 1 unspecified atom stereocenters. The first-order valence-corrected chi connectivity index (χ1v) is 6.57. The van der Waals surface area contributed by atoms with E-state index in [0.29, 0.717) is 31.3 Å². The van der Waals surface area contributed by atoms with Crippen molar-refractivity contribution < 1.29 is 14.3 Å². The average molecular weight is 273 g/mol. The fourth-order valence-electron chi connectivity index (χ4n) is 2.51. The number of aromatic nitrogens is 2. The topological polar surface area (TPSA) is 79.5 Å². The maximum atomic E-state index is 11.3. The van der Waals surface area contributed by atoms with Crippen LogP contribution in [0.3, 0.4) is 0 Å². The number of hydrogen-bond acceptors (Lipinski definition) is 5. The number of carboxylic acids is 1. The van der Waals surface area contributed by atoms with Crippen LogP contribution in [0, 0.1) is 0 Å². The molecule has 1 atom stereocenters. The molecule has 104 valence electrons. The lowest BCUT2D eigenvalue weighted by atomic mass is 10.0. The van der Waals surface area contributed by atoms with Crippen molar-refractivity contribution in [2.75, 3.05) is 11.4 Å². The van der Waals surface area contributed by atoms with E-state index >= 15 is 0 Å². The predicted octanol–water partition coefficient (Wildman–Crippen LogP) is 1.82. The highest BCUT2D eigenvalue weighted by Crippen LogP contribution is 2.36. The van der Waals surface area contributed by atoms with Gasteiger partial charge in [0.1, 0.15) is 5.92 Å². The molecule has 0 saturated heterocycles. The van der Waals surface area contributed by atoms with Crippen LogP contribution in [-0.4, -0.2) is 27.8 Å². The molecule has 0 saturated carbocycles. The second kappa shape index (κ2) is 4.96. The van der Waals surface area contributed by atoms with Crippen molar-refractivity contribution >= 4 is 11.7 Å². The van der Waals surface area contributed by atoms with Gasteiger partial charge >= 0.3 is 5.97 Å². The Labute approximate surface area is 116 Å². The van der Waals surface area contributed by atoms with Gasteiger partial charge in [-0.15, -0.1) is 10.2 Å². The van der Waals surface area contributed by atoms with Crippen molar-refractivity contribution in [1.82, 2.24) is 10.2 Å². The second-order valence-corrected chi connectivity index (χ2v) is 4.77. The largest absolute Gasteiger partial charge is 0.481 e. The zero-order chi connectivity index (χ0) is 14.1. The summed E-state index contributed by atoms with van der Waals surface area (Å²) in [6.45, 7) is 2.81. The molecular weight excluding hydrogens is 258 g/mol. The number of carbonyl (C=O) groups is 1. The zero-order valence-corrected chi connectivity index (χ0v) is 11.1. The third-order valence-corrected chi connectivity index (χ3v) is 3.49. The number of nitrogens with zero attached hydrogens (tertiary/aromatic N) is 3. The molecule has 20 heavy (non-hydrogen) atoms. The van der Waals surface area contributed by atoms with Crippen molar-refractivity contribution in [3.8, 4) is 0 Å². The van der Waals surface area contributed by atoms with Gasteiger partial charge in [0.2, 0.25) is 11.8 Å². The third-order valence-electron chi connectivity index (χ3n) is 3.49. The van der Waals surface area contributed by atoms with Gasteiger partial charge in [-0.3, -0.25) is 4.79 Å². The average Bonchev–Trinajstić information content (AvgIpc) is 3.04. The highest BCUT2D eigenvalue weighted by atomic mass is 16.4. The third kappa shape index (κ3) is 2.13. The van der Waals surface area contributed by atoms with Crippen molar-refractivity contribution in [1.29, 1.82) is 0 Å². The number of fused-ring (bicyclic) bond motifs is 1. The minimum Gasteiger partial charge on any atom is -0.481 e. The van der Waals surface area contributed by atoms with Gasteiger partial charge in [0.05, 0.1) is 6.54 Å². The first kappa shape index (κ1) is 12.7. The minimum atomic E-state index is -0.806. The van der Waals surface area contributed by atoms with Gasteiger partial charge in [-0.1, -0.05) is 25.1 Å². The van der Waals surface area contributed by atoms with Crippen LogP contribution in [-0.2, 0) is 17.8 Å². The molecule has 0 bridgehead atoms. The van der Waals surface area contributed by atoms with Crippen LogP contribution in [0.2, 0.25) is 0 Å². The molecule has 0 radical (unpaired) electrons. The Kier molecular flexibility index (Phi) is 3.14. The van der Waals surface area contributed by atoms with Crippen LogP contribution in [0.15, 0.2) is 28.7 Å². The molecule has 1 aromatic carbocycles. The zero-order valence-electron chi connectivity index (χ0n) is 11.1. The Bertz CT molecular complexity index is 638. The van der Waals surface area contributed by atoms with Gasteiger partial charge in [0.25, 0.3) is 0 Å². The normalized spacial score (nSPS) is 17.2. The van der Waals surface area contributed by atoms with E-state index in [0.717, 1.165) is 11.3 Å². The monoisotopic (exact) mass is 273 g/mol. The summed E-state index contributed by atoms with van der Waals surface area (Å²) in [5.74, 6) is -0.190. The Morgan fingerprint density at radius 1 is 1.40 bits per heavy atom. The number of para-hydroxylation sites is 1. The summed E-state index contributed by atoms with van der Waals surface area (Å²) in [7, 11) is 0. The maximum Gasteiger partial charge on any atom is 0.312 e. The van der Waals surface area contributed by atoms with E-state index in [9.17, 15) is 9.90 Å². The molecule has 3 rings (SSSR count). The summed E-state index contributed by atoms with van der Waals surface area (Å²) in [5.41, 5.74) is 1.77. The van der Waals surface area contributed by atoms with Gasteiger partial charge in [-0.25, -0.2) is 0 Å². The first-order valence-electron chi connectivity index (χ1n) is 6.57. The van der Waals surface area contributed by atoms with E-state index < -0.39 is 11.9 Å². The van der Waals surface area contributed by atoms with Gasteiger partial charge in [0.15, 0.2) is 0 Å². The number of anilines is 1. The summed E-state index contributed by atoms with van der Waals surface area (Å²) in [6.07, 6.45) is 0.696. The molecular formula is C14H15N3O3. The van der Waals surface area contributed by atoms with Crippen LogP contribution in [0.4, 0.5) is 5.69 Å². The number of rotatable bonds is 4. The number of benzene rings is 1. The van der Waals surface area contributed by atoms with Crippen LogP contribution in [0.5, 0.6) is 0 Å². The second-order valence-electron chi connectivity index (χ2n) is 4.77. The number of carboxylic acid groups (broad SMARTS) is 1. The molecule has 1 aliphatic heterocycles.